The quantitative estimate of drug-likeness (QED) is 0.677. The topological polar surface area (TPSA) is 87.3 Å². The summed E-state index contributed by atoms with van der Waals surface area (Å²) in [5, 5.41) is 5.96. The van der Waals surface area contributed by atoms with E-state index in [-0.39, 0.29) is 16.8 Å². The molecular formula is C20H27N3O3S. The molecule has 0 radical (unpaired) electrons. The van der Waals surface area contributed by atoms with Gasteiger partial charge in [-0.2, -0.15) is 0 Å². The van der Waals surface area contributed by atoms with Gasteiger partial charge in [0.2, 0.25) is 15.9 Å². The average molecular weight is 390 g/mol. The van der Waals surface area contributed by atoms with E-state index in [0.717, 1.165) is 11.3 Å². The van der Waals surface area contributed by atoms with Crippen molar-refractivity contribution < 1.29 is 13.2 Å². The molecule has 1 unspecified atom stereocenters. The van der Waals surface area contributed by atoms with Crippen LogP contribution in [0.15, 0.2) is 47.4 Å². The van der Waals surface area contributed by atoms with Crippen LogP contribution in [-0.2, 0) is 14.8 Å². The lowest BCUT2D eigenvalue weighted by atomic mass is 10.1. The van der Waals surface area contributed by atoms with Crippen molar-refractivity contribution in [3.05, 3.63) is 53.6 Å². The van der Waals surface area contributed by atoms with Crippen LogP contribution in [0.2, 0.25) is 0 Å². The van der Waals surface area contributed by atoms with Gasteiger partial charge >= 0.3 is 0 Å². The van der Waals surface area contributed by atoms with Crippen LogP contribution in [-0.4, -0.2) is 26.4 Å². The van der Waals surface area contributed by atoms with Gasteiger partial charge in [0.25, 0.3) is 0 Å². The fraction of sp³-hybridized carbons (Fsp3) is 0.350. The number of hydrogen-bond acceptors (Lipinski definition) is 4. The van der Waals surface area contributed by atoms with Crippen molar-refractivity contribution in [3.8, 4) is 0 Å². The van der Waals surface area contributed by atoms with Gasteiger partial charge in [-0.1, -0.05) is 6.07 Å². The zero-order valence-corrected chi connectivity index (χ0v) is 17.1. The minimum absolute atomic E-state index is 0.163. The third-order valence-electron chi connectivity index (χ3n) is 4.11. The van der Waals surface area contributed by atoms with Crippen LogP contribution in [0.1, 0.15) is 31.9 Å². The van der Waals surface area contributed by atoms with Gasteiger partial charge < -0.3 is 10.6 Å². The molecule has 1 amide bonds. The smallest absolute Gasteiger partial charge is 0.246 e. The van der Waals surface area contributed by atoms with E-state index in [9.17, 15) is 13.2 Å². The average Bonchev–Trinajstić information content (AvgIpc) is 2.57. The van der Waals surface area contributed by atoms with Crippen LogP contribution < -0.4 is 15.4 Å². The maximum Gasteiger partial charge on any atom is 0.246 e. The summed E-state index contributed by atoms with van der Waals surface area (Å²) in [7, 11) is -3.54. The van der Waals surface area contributed by atoms with Crippen LogP contribution >= 0.6 is 0 Å². The molecular weight excluding hydrogens is 362 g/mol. The summed E-state index contributed by atoms with van der Waals surface area (Å²) in [5.74, 6) is -0.204. The molecule has 0 fully saturated rings. The van der Waals surface area contributed by atoms with E-state index in [1.807, 2.05) is 32.0 Å². The number of aryl methyl sites for hydroxylation is 2. The Bertz CT molecular complexity index is 907. The van der Waals surface area contributed by atoms with Crippen LogP contribution in [0, 0.1) is 13.8 Å². The third kappa shape index (κ3) is 5.80. The van der Waals surface area contributed by atoms with E-state index < -0.39 is 16.1 Å². The van der Waals surface area contributed by atoms with Gasteiger partial charge in [0.05, 0.1) is 4.90 Å². The first-order chi connectivity index (χ1) is 12.6. The first-order valence-electron chi connectivity index (χ1n) is 8.85. The summed E-state index contributed by atoms with van der Waals surface area (Å²) in [6.45, 7) is 9.35. The van der Waals surface area contributed by atoms with Crippen LogP contribution in [0.3, 0.4) is 0 Å². The molecule has 0 aliphatic rings. The van der Waals surface area contributed by atoms with E-state index >= 15 is 0 Å². The number of nitrogens with one attached hydrogen (secondary N) is 3. The largest absolute Gasteiger partial charge is 0.374 e. The van der Waals surface area contributed by atoms with E-state index in [2.05, 4.69) is 15.4 Å². The zero-order chi connectivity index (χ0) is 20.2. The molecule has 27 heavy (non-hydrogen) atoms. The van der Waals surface area contributed by atoms with Gasteiger partial charge in [-0.05, 0) is 82.1 Å². The highest BCUT2D eigenvalue weighted by Crippen LogP contribution is 2.17. The van der Waals surface area contributed by atoms with Crippen molar-refractivity contribution in [3.63, 3.8) is 0 Å². The second-order valence-electron chi connectivity index (χ2n) is 6.95. The first-order valence-corrected chi connectivity index (χ1v) is 10.3. The summed E-state index contributed by atoms with van der Waals surface area (Å²) in [4.78, 5) is 12.6. The van der Waals surface area contributed by atoms with Crippen molar-refractivity contribution in [2.75, 3.05) is 10.6 Å². The lowest BCUT2D eigenvalue weighted by molar-refractivity contribution is -0.116. The standard InChI is InChI=1S/C20H27N3O3S/c1-13(2)23-27(25,26)19-10-8-17(9-11-19)22-20(24)16(5)21-18-7-6-14(3)15(4)12-18/h6-13,16,21,23H,1-5H3,(H,22,24). The molecule has 146 valence electrons. The molecule has 0 bridgehead atoms. The molecule has 1 atom stereocenters. The summed E-state index contributed by atoms with van der Waals surface area (Å²) in [5.41, 5.74) is 3.76. The van der Waals surface area contributed by atoms with Crippen molar-refractivity contribution in [2.45, 2.75) is 51.6 Å². The monoisotopic (exact) mass is 389 g/mol. The molecule has 3 N–H and O–H groups in total. The molecule has 2 aromatic rings. The highest BCUT2D eigenvalue weighted by Gasteiger charge is 2.16. The molecule has 6 nitrogen and oxygen atoms in total. The number of anilines is 2. The lowest BCUT2D eigenvalue weighted by Crippen LogP contribution is -2.32. The van der Waals surface area contributed by atoms with Crippen LogP contribution in [0.5, 0.6) is 0 Å². The van der Waals surface area contributed by atoms with Gasteiger partial charge in [0.15, 0.2) is 0 Å². The third-order valence-corrected chi connectivity index (χ3v) is 5.78. The lowest BCUT2D eigenvalue weighted by Gasteiger charge is -2.16. The van der Waals surface area contributed by atoms with Gasteiger partial charge in [-0.3, -0.25) is 4.79 Å². The molecule has 0 spiro atoms. The van der Waals surface area contributed by atoms with E-state index in [1.165, 1.54) is 17.7 Å². The molecule has 2 aromatic carbocycles. The number of hydrogen-bond donors (Lipinski definition) is 3. The van der Waals surface area contributed by atoms with E-state index in [4.69, 9.17) is 0 Å². The summed E-state index contributed by atoms with van der Waals surface area (Å²) < 4.78 is 26.8. The SMILES string of the molecule is Cc1ccc(NC(C)C(=O)Nc2ccc(S(=O)(=O)NC(C)C)cc2)cc1C. The Labute approximate surface area is 161 Å². The Morgan fingerprint density at radius 2 is 1.48 bits per heavy atom. The maximum absolute atomic E-state index is 12.4. The highest BCUT2D eigenvalue weighted by atomic mass is 32.2. The highest BCUT2D eigenvalue weighted by molar-refractivity contribution is 7.89. The maximum atomic E-state index is 12.4. The Balaban J connectivity index is 2.01. The number of amides is 1. The van der Waals surface area contributed by atoms with Gasteiger partial charge in [0.1, 0.15) is 6.04 Å². The molecule has 0 saturated carbocycles. The number of rotatable bonds is 7. The predicted molar refractivity (Wildman–Crippen MR) is 110 cm³/mol. The normalized spacial score (nSPS) is 12.7. The fourth-order valence-corrected chi connectivity index (χ4v) is 3.74. The Morgan fingerprint density at radius 3 is 2.04 bits per heavy atom. The van der Waals surface area contributed by atoms with Gasteiger partial charge in [-0.25, -0.2) is 13.1 Å². The second kappa shape index (κ2) is 8.54. The fourth-order valence-electron chi connectivity index (χ4n) is 2.49. The minimum Gasteiger partial charge on any atom is -0.374 e. The molecule has 0 aliphatic heterocycles. The number of carbonyl (C=O) groups excluding carboxylic acids is 1. The molecule has 0 aromatic heterocycles. The first kappa shape index (κ1) is 20.9. The van der Waals surface area contributed by atoms with Crippen molar-refractivity contribution >= 4 is 27.3 Å². The molecule has 0 saturated heterocycles. The van der Waals surface area contributed by atoms with E-state index in [0.29, 0.717) is 5.69 Å². The minimum atomic E-state index is -3.54. The molecule has 0 aliphatic carbocycles. The van der Waals surface area contributed by atoms with Crippen molar-refractivity contribution in [2.24, 2.45) is 0 Å². The molecule has 0 heterocycles. The number of sulfonamides is 1. The van der Waals surface area contributed by atoms with E-state index in [1.54, 1.807) is 32.9 Å². The number of carbonyl (C=O) groups is 1. The Morgan fingerprint density at radius 1 is 0.889 bits per heavy atom. The van der Waals surface area contributed by atoms with Crippen LogP contribution in [0.4, 0.5) is 11.4 Å². The van der Waals surface area contributed by atoms with Crippen LogP contribution in [0.25, 0.3) is 0 Å². The Kier molecular flexibility index (Phi) is 6.62. The Hall–Kier alpha value is -2.38. The van der Waals surface area contributed by atoms with Gasteiger partial charge in [0, 0.05) is 17.4 Å². The molecule has 2 rings (SSSR count). The number of benzene rings is 2. The summed E-state index contributed by atoms with van der Waals surface area (Å²) in [6, 6.07) is 11.4. The predicted octanol–water partition coefficient (Wildman–Crippen LogP) is 3.43. The zero-order valence-electron chi connectivity index (χ0n) is 16.3. The molecule has 7 heteroatoms. The summed E-state index contributed by atoms with van der Waals surface area (Å²) in [6.07, 6.45) is 0. The summed E-state index contributed by atoms with van der Waals surface area (Å²) >= 11 is 0. The van der Waals surface area contributed by atoms with Crippen molar-refractivity contribution in [1.29, 1.82) is 0 Å². The van der Waals surface area contributed by atoms with Crippen molar-refractivity contribution in [1.82, 2.24) is 4.72 Å². The second-order valence-corrected chi connectivity index (χ2v) is 8.67. The van der Waals surface area contributed by atoms with Gasteiger partial charge in [-0.15, -0.1) is 0 Å².